The fourth-order valence-corrected chi connectivity index (χ4v) is 2.07. The average molecular weight is 263 g/mol. The lowest BCUT2D eigenvalue weighted by molar-refractivity contribution is 0.413. The minimum atomic E-state index is 0.246. The van der Waals surface area contributed by atoms with Gasteiger partial charge in [-0.05, 0) is 55.1 Å². The fourth-order valence-electron chi connectivity index (χ4n) is 1.93. The molecule has 2 rings (SSSR count). The number of aromatic nitrogens is 2. The standard InChI is InChI=1S/C14H15ClN2O/c1-8-5-6-11(13(18-4)10(8)3)12-9(2)7-16-14(15)17-12/h5-7H,1-4H3. The smallest absolute Gasteiger partial charge is 0.222 e. The van der Waals surface area contributed by atoms with Gasteiger partial charge >= 0.3 is 0 Å². The van der Waals surface area contributed by atoms with Crippen LogP contribution in [0.3, 0.4) is 0 Å². The molecule has 1 aromatic heterocycles. The molecule has 0 unspecified atom stereocenters. The van der Waals surface area contributed by atoms with Crippen molar-refractivity contribution in [2.75, 3.05) is 7.11 Å². The molecule has 0 saturated heterocycles. The van der Waals surface area contributed by atoms with Crippen LogP contribution < -0.4 is 4.74 Å². The quantitative estimate of drug-likeness (QED) is 0.774. The van der Waals surface area contributed by atoms with Crippen LogP contribution in [0.2, 0.25) is 5.28 Å². The van der Waals surface area contributed by atoms with E-state index in [4.69, 9.17) is 16.3 Å². The number of rotatable bonds is 2. The Balaban J connectivity index is 2.71. The first kappa shape index (κ1) is 12.8. The van der Waals surface area contributed by atoms with E-state index in [1.54, 1.807) is 13.3 Å². The molecule has 0 aliphatic carbocycles. The first-order valence-corrected chi connectivity index (χ1v) is 6.06. The molecular formula is C14H15ClN2O. The largest absolute Gasteiger partial charge is 0.496 e. The Morgan fingerprint density at radius 3 is 2.50 bits per heavy atom. The van der Waals surface area contributed by atoms with Crippen LogP contribution in [0.5, 0.6) is 5.75 Å². The van der Waals surface area contributed by atoms with Gasteiger partial charge in [0, 0.05) is 11.8 Å². The van der Waals surface area contributed by atoms with Gasteiger partial charge in [-0.15, -0.1) is 0 Å². The van der Waals surface area contributed by atoms with E-state index >= 15 is 0 Å². The van der Waals surface area contributed by atoms with Gasteiger partial charge in [-0.1, -0.05) is 6.07 Å². The van der Waals surface area contributed by atoms with Crippen molar-refractivity contribution < 1.29 is 4.74 Å². The van der Waals surface area contributed by atoms with Gasteiger partial charge in [0.25, 0.3) is 0 Å². The molecule has 0 fully saturated rings. The van der Waals surface area contributed by atoms with Crippen molar-refractivity contribution in [2.45, 2.75) is 20.8 Å². The Morgan fingerprint density at radius 2 is 1.83 bits per heavy atom. The van der Waals surface area contributed by atoms with Crippen molar-refractivity contribution in [3.05, 3.63) is 40.3 Å². The minimum Gasteiger partial charge on any atom is -0.496 e. The average Bonchev–Trinajstić information content (AvgIpc) is 2.35. The Morgan fingerprint density at radius 1 is 1.11 bits per heavy atom. The summed E-state index contributed by atoms with van der Waals surface area (Å²) in [5.41, 5.74) is 5.04. The number of benzene rings is 1. The summed E-state index contributed by atoms with van der Waals surface area (Å²) < 4.78 is 5.50. The lowest BCUT2D eigenvalue weighted by atomic mass is 10.0. The second-order valence-corrected chi connectivity index (χ2v) is 4.60. The van der Waals surface area contributed by atoms with Crippen LogP contribution in [0.4, 0.5) is 0 Å². The molecule has 1 heterocycles. The van der Waals surface area contributed by atoms with E-state index in [0.29, 0.717) is 0 Å². The molecule has 0 spiro atoms. The number of hydrogen-bond donors (Lipinski definition) is 0. The molecule has 0 radical (unpaired) electrons. The molecule has 0 amide bonds. The van der Waals surface area contributed by atoms with Crippen LogP contribution in [-0.2, 0) is 0 Å². The highest BCUT2D eigenvalue weighted by molar-refractivity contribution is 6.28. The molecule has 4 heteroatoms. The Bertz CT molecular complexity index is 597. The van der Waals surface area contributed by atoms with Crippen molar-refractivity contribution in [3.63, 3.8) is 0 Å². The molecule has 94 valence electrons. The number of halogens is 1. The highest BCUT2D eigenvalue weighted by Crippen LogP contribution is 2.35. The molecule has 3 nitrogen and oxygen atoms in total. The van der Waals surface area contributed by atoms with E-state index in [2.05, 4.69) is 23.0 Å². The lowest BCUT2D eigenvalue weighted by Crippen LogP contribution is -1.98. The predicted molar refractivity (Wildman–Crippen MR) is 73.2 cm³/mol. The third-order valence-electron chi connectivity index (χ3n) is 3.08. The van der Waals surface area contributed by atoms with Crippen LogP contribution in [0.1, 0.15) is 16.7 Å². The number of aryl methyl sites for hydroxylation is 2. The molecule has 0 N–H and O–H groups in total. The SMILES string of the molecule is COc1c(-c2nc(Cl)ncc2C)ccc(C)c1C. The second-order valence-electron chi connectivity index (χ2n) is 4.26. The first-order chi connectivity index (χ1) is 8.54. The van der Waals surface area contributed by atoms with E-state index in [0.717, 1.165) is 28.1 Å². The summed E-state index contributed by atoms with van der Waals surface area (Å²) in [4.78, 5) is 8.27. The van der Waals surface area contributed by atoms with Crippen molar-refractivity contribution in [1.82, 2.24) is 9.97 Å². The molecule has 0 atom stereocenters. The molecule has 0 bridgehead atoms. The van der Waals surface area contributed by atoms with E-state index in [-0.39, 0.29) is 5.28 Å². The number of hydrogen-bond acceptors (Lipinski definition) is 3. The lowest BCUT2D eigenvalue weighted by Gasteiger charge is -2.14. The molecule has 0 aliphatic rings. The summed E-state index contributed by atoms with van der Waals surface area (Å²) in [6, 6.07) is 4.06. The van der Waals surface area contributed by atoms with Gasteiger partial charge in [0.1, 0.15) is 5.75 Å². The zero-order valence-electron chi connectivity index (χ0n) is 10.9. The van der Waals surface area contributed by atoms with E-state index in [1.807, 2.05) is 19.9 Å². The van der Waals surface area contributed by atoms with Gasteiger partial charge in [-0.2, -0.15) is 0 Å². The molecule has 2 aromatic rings. The Kier molecular flexibility index (Phi) is 3.53. The fraction of sp³-hybridized carbons (Fsp3) is 0.286. The topological polar surface area (TPSA) is 35.0 Å². The van der Waals surface area contributed by atoms with Gasteiger partial charge in [0.15, 0.2) is 0 Å². The van der Waals surface area contributed by atoms with E-state index < -0.39 is 0 Å². The van der Waals surface area contributed by atoms with Gasteiger partial charge in [0.05, 0.1) is 12.8 Å². The number of methoxy groups -OCH3 is 1. The first-order valence-electron chi connectivity index (χ1n) is 5.68. The zero-order chi connectivity index (χ0) is 13.3. The Hall–Kier alpha value is -1.61. The second kappa shape index (κ2) is 4.94. The van der Waals surface area contributed by atoms with Gasteiger partial charge in [-0.25, -0.2) is 9.97 Å². The van der Waals surface area contributed by atoms with Crippen molar-refractivity contribution in [2.24, 2.45) is 0 Å². The molecule has 0 saturated carbocycles. The van der Waals surface area contributed by atoms with Crippen molar-refractivity contribution >= 4 is 11.6 Å². The molecular weight excluding hydrogens is 248 g/mol. The molecule has 1 aromatic carbocycles. The van der Waals surface area contributed by atoms with E-state index in [1.165, 1.54) is 5.56 Å². The normalized spacial score (nSPS) is 10.5. The van der Waals surface area contributed by atoms with Gasteiger partial charge < -0.3 is 4.74 Å². The summed E-state index contributed by atoms with van der Waals surface area (Å²) in [6.45, 7) is 6.05. The minimum absolute atomic E-state index is 0.246. The van der Waals surface area contributed by atoms with Crippen LogP contribution >= 0.6 is 11.6 Å². The molecule has 18 heavy (non-hydrogen) atoms. The maximum atomic E-state index is 5.87. The summed E-state index contributed by atoms with van der Waals surface area (Å²) in [7, 11) is 1.67. The Labute approximate surface area is 112 Å². The van der Waals surface area contributed by atoms with Gasteiger partial charge in [-0.3, -0.25) is 0 Å². The highest BCUT2D eigenvalue weighted by atomic mass is 35.5. The van der Waals surface area contributed by atoms with Crippen LogP contribution in [0.25, 0.3) is 11.3 Å². The van der Waals surface area contributed by atoms with Crippen LogP contribution in [0.15, 0.2) is 18.3 Å². The van der Waals surface area contributed by atoms with Crippen molar-refractivity contribution in [3.8, 4) is 17.0 Å². The summed E-state index contributed by atoms with van der Waals surface area (Å²) in [5.74, 6) is 0.841. The third kappa shape index (κ3) is 2.18. The summed E-state index contributed by atoms with van der Waals surface area (Å²) in [5, 5.41) is 0.246. The highest BCUT2D eigenvalue weighted by Gasteiger charge is 2.14. The maximum Gasteiger partial charge on any atom is 0.222 e. The van der Waals surface area contributed by atoms with Gasteiger partial charge in [0.2, 0.25) is 5.28 Å². The summed E-state index contributed by atoms with van der Waals surface area (Å²) >= 11 is 5.87. The van der Waals surface area contributed by atoms with E-state index in [9.17, 15) is 0 Å². The molecule has 0 aliphatic heterocycles. The third-order valence-corrected chi connectivity index (χ3v) is 3.26. The van der Waals surface area contributed by atoms with Crippen LogP contribution in [0, 0.1) is 20.8 Å². The maximum absolute atomic E-state index is 5.87. The number of ether oxygens (including phenoxy) is 1. The van der Waals surface area contributed by atoms with Crippen LogP contribution in [-0.4, -0.2) is 17.1 Å². The summed E-state index contributed by atoms with van der Waals surface area (Å²) in [6.07, 6.45) is 1.72. The predicted octanol–water partition coefficient (Wildman–Crippen LogP) is 3.73. The monoisotopic (exact) mass is 262 g/mol. The van der Waals surface area contributed by atoms with Crippen molar-refractivity contribution in [1.29, 1.82) is 0 Å². The number of nitrogens with zero attached hydrogens (tertiary/aromatic N) is 2. The zero-order valence-corrected chi connectivity index (χ0v) is 11.7.